The van der Waals surface area contributed by atoms with Crippen molar-refractivity contribution in [3.63, 3.8) is 0 Å². The molecule has 2 fully saturated rings. The first kappa shape index (κ1) is 17.9. The first-order valence-electron chi connectivity index (χ1n) is 8.32. The molecule has 0 spiro atoms. The predicted octanol–water partition coefficient (Wildman–Crippen LogP) is -0.0573. The Kier molecular flexibility index (Phi) is 4.83. The number of aliphatic carboxylic acids is 1. The second-order valence-electron chi connectivity index (χ2n) is 6.68. The highest BCUT2D eigenvalue weighted by Gasteiger charge is 2.47. The Labute approximate surface area is 146 Å². The zero-order valence-electron chi connectivity index (χ0n) is 14.0. The van der Waals surface area contributed by atoms with E-state index in [1.807, 2.05) is 0 Å². The van der Waals surface area contributed by atoms with Crippen LogP contribution < -0.4 is 4.72 Å². The molecule has 25 heavy (non-hydrogen) atoms. The van der Waals surface area contributed by atoms with Gasteiger partial charge in [0, 0.05) is 19.3 Å². The Balaban J connectivity index is 1.71. The lowest BCUT2D eigenvalue weighted by Gasteiger charge is -2.33. The maximum Gasteiger partial charge on any atom is 0.326 e. The summed E-state index contributed by atoms with van der Waals surface area (Å²) in [7, 11) is -2.27. The molecule has 2 N–H and O–H groups in total. The summed E-state index contributed by atoms with van der Waals surface area (Å²) in [5.74, 6) is -1.33. The number of likely N-dealkylation sites (tertiary alicyclic amines) is 1. The SMILES string of the molecule is Cn1cc(S(=O)(=O)NCC(=O)N2C(C(=O)O)CC3CCCCC32)cn1. The van der Waals surface area contributed by atoms with Crippen molar-refractivity contribution in [3.05, 3.63) is 12.4 Å². The number of nitrogens with one attached hydrogen (secondary N) is 1. The van der Waals surface area contributed by atoms with E-state index < -0.39 is 34.5 Å². The average Bonchev–Trinajstić information content (AvgIpc) is 3.17. The number of rotatable bonds is 5. The first-order chi connectivity index (χ1) is 11.8. The Hall–Kier alpha value is -1.94. The molecule has 3 rings (SSSR count). The van der Waals surface area contributed by atoms with Gasteiger partial charge in [0.1, 0.15) is 10.9 Å². The lowest BCUT2D eigenvalue weighted by atomic mass is 9.85. The molecule has 3 atom stereocenters. The zero-order valence-corrected chi connectivity index (χ0v) is 14.8. The van der Waals surface area contributed by atoms with Crippen LogP contribution in [0.25, 0.3) is 0 Å². The standard InChI is InChI=1S/C15H22N4O5S/c1-18-9-11(7-16-18)25(23,24)17-8-14(20)19-12-5-3-2-4-10(12)6-13(19)15(21)22/h7,9-10,12-13,17H,2-6,8H2,1H3,(H,21,22). The summed E-state index contributed by atoms with van der Waals surface area (Å²) in [5, 5.41) is 13.2. The van der Waals surface area contributed by atoms with Gasteiger partial charge in [-0.3, -0.25) is 9.48 Å². The second-order valence-corrected chi connectivity index (χ2v) is 8.44. The van der Waals surface area contributed by atoms with E-state index >= 15 is 0 Å². The quantitative estimate of drug-likeness (QED) is 0.749. The minimum atomic E-state index is -3.86. The molecule has 1 aliphatic carbocycles. The molecule has 1 aliphatic heterocycles. The largest absolute Gasteiger partial charge is 0.480 e. The van der Waals surface area contributed by atoms with Crippen molar-refractivity contribution < 1.29 is 23.1 Å². The summed E-state index contributed by atoms with van der Waals surface area (Å²) in [6, 6.07) is -0.978. The molecule has 138 valence electrons. The summed E-state index contributed by atoms with van der Waals surface area (Å²) >= 11 is 0. The van der Waals surface area contributed by atoms with E-state index in [0.717, 1.165) is 25.7 Å². The maximum absolute atomic E-state index is 12.6. The number of amides is 1. The van der Waals surface area contributed by atoms with Crippen LogP contribution in [0.5, 0.6) is 0 Å². The Morgan fingerprint density at radius 1 is 1.36 bits per heavy atom. The molecule has 10 heteroatoms. The highest BCUT2D eigenvalue weighted by atomic mass is 32.2. The number of nitrogens with zero attached hydrogens (tertiary/aromatic N) is 3. The van der Waals surface area contributed by atoms with Crippen LogP contribution in [-0.4, -0.2) is 58.7 Å². The van der Waals surface area contributed by atoms with Gasteiger partial charge in [0.2, 0.25) is 15.9 Å². The van der Waals surface area contributed by atoms with Crippen LogP contribution in [0.3, 0.4) is 0 Å². The monoisotopic (exact) mass is 370 g/mol. The molecule has 0 radical (unpaired) electrons. The molecule has 2 aliphatic rings. The topological polar surface area (TPSA) is 122 Å². The molecule has 1 saturated heterocycles. The fourth-order valence-electron chi connectivity index (χ4n) is 3.91. The van der Waals surface area contributed by atoms with E-state index in [0.29, 0.717) is 6.42 Å². The van der Waals surface area contributed by atoms with E-state index in [1.54, 1.807) is 7.05 Å². The summed E-state index contributed by atoms with van der Waals surface area (Å²) in [6.45, 7) is -0.454. The fraction of sp³-hybridized carbons (Fsp3) is 0.667. The predicted molar refractivity (Wildman–Crippen MR) is 87.0 cm³/mol. The van der Waals surface area contributed by atoms with E-state index in [-0.39, 0.29) is 16.9 Å². The molecular weight excluding hydrogens is 348 g/mol. The molecule has 1 aromatic rings. The Morgan fingerprint density at radius 3 is 2.72 bits per heavy atom. The van der Waals surface area contributed by atoms with E-state index in [1.165, 1.54) is 22.0 Å². The summed E-state index contributed by atoms with van der Waals surface area (Å²) in [6.07, 6.45) is 6.66. The number of aromatic nitrogens is 2. The third-order valence-electron chi connectivity index (χ3n) is 5.07. The van der Waals surface area contributed by atoms with Gasteiger partial charge in [-0.2, -0.15) is 5.10 Å². The first-order valence-corrected chi connectivity index (χ1v) is 9.80. The summed E-state index contributed by atoms with van der Waals surface area (Å²) in [5.41, 5.74) is 0. The molecule has 0 bridgehead atoms. The van der Waals surface area contributed by atoms with Crippen molar-refractivity contribution in [2.24, 2.45) is 13.0 Å². The smallest absolute Gasteiger partial charge is 0.326 e. The van der Waals surface area contributed by atoms with Gasteiger partial charge in [-0.15, -0.1) is 0 Å². The van der Waals surface area contributed by atoms with Crippen LogP contribution in [0.2, 0.25) is 0 Å². The molecule has 1 amide bonds. The number of hydrogen-bond acceptors (Lipinski definition) is 5. The van der Waals surface area contributed by atoms with Crippen LogP contribution in [-0.2, 0) is 26.7 Å². The van der Waals surface area contributed by atoms with Crippen molar-refractivity contribution in [2.45, 2.75) is 49.1 Å². The Morgan fingerprint density at radius 2 is 2.08 bits per heavy atom. The number of aryl methyl sites for hydroxylation is 1. The van der Waals surface area contributed by atoms with E-state index in [4.69, 9.17) is 0 Å². The van der Waals surface area contributed by atoms with Crippen LogP contribution in [0.15, 0.2) is 17.3 Å². The third-order valence-corrected chi connectivity index (χ3v) is 6.42. The second kappa shape index (κ2) is 6.75. The van der Waals surface area contributed by atoms with Crippen molar-refractivity contribution >= 4 is 21.9 Å². The van der Waals surface area contributed by atoms with Crippen molar-refractivity contribution in [2.75, 3.05) is 6.54 Å². The van der Waals surface area contributed by atoms with E-state index in [2.05, 4.69) is 9.82 Å². The minimum Gasteiger partial charge on any atom is -0.480 e. The lowest BCUT2D eigenvalue weighted by molar-refractivity contribution is -0.149. The van der Waals surface area contributed by atoms with E-state index in [9.17, 15) is 23.1 Å². The number of carbonyl (C=O) groups is 2. The minimum absolute atomic E-state index is 0.0328. The molecule has 9 nitrogen and oxygen atoms in total. The van der Waals surface area contributed by atoms with Gasteiger partial charge in [0.15, 0.2) is 0 Å². The maximum atomic E-state index is 12.6. The summed E-state index contributed by atoms with van der Waals surface area (Å²) in [4.78, 5) is 25.5. The fourth-order valence-corrected chi connectivity index (χ4v) is 4.87. The number of sulfonamides is 1. The van der Waals surface area contributed by atoms with Gasteiger partial charge >= 0.3 is 5.97 Å². The van der Waals surface area contributed by atoms with Crippen LogP contribution in [0.4, 0.5) is 0 Å². The van der Waals surface area contributed by atoms with Crippen LogP contribution in [0.1, 0.15) is 32.1 Å². The van der Waals surface area contributed by atoms with Gasteiger partial charge in [0.05, 0.1) is 12.7 Å². The van der Waals surface area contributed by atoms with Gasteiger partial charge < -0.3 is 10.0 Å². The van der Waals surface area contributed by atoms with Crippen molar-refractivity contribution in [1.29, 1.82) is 0 Å². The Bertz CT molecular complexity index is 775. The van der Waals surface area contributed by atoms with Gasteiger partial charge in [-0.25, -0.2) is 17.9 Å². The van der Waals surface area contributed by atoms with Gasteiger partial charge in [0.25, 0.3) is 0 Å². The van der Waals surface area contributed by atoms with Crippen LogP contribution in [0, 0.1) is 5.92 Å². The number of carboxylic acids is 1. The normalized spacial score (nSPS) is 26.4. The van der Waals surface area contributed by atoms with Crippen molar-refractivity contribution in [1.82, 2.24) is 19.4 Å². The number of hydrogen-bond donors (Lipinski definition) is 2. The number of carboxylic acid groups (broad SMARTS) is 1. The van der Waals surface area contributed by atoms with Gasteiger partial charge in [-0.1, -0.05) is 12.8 Å². The van der Waals surface area contributed by atoms with Crippen LogP contribution >= 0.6 is 0 Å². The molecule has 1 saturated carbocycles. The average molecular weight is 370 g/mol. The molecule has 2 heterocycles. The number of carbonyl (C=O) groups excluding carboxylic acids is 1. The van der Waals surface area contributed by atoms with Gasteiger partial charge in [-0.05, 0) is 25.2 Å². The lowest BCUT2D eigenvalue weighted by Crippen LogP contribution is -2.49. The number of fused-ring (bicyclic) bond motifs is 1. The highest BCUT2D eigenvalue weighted by molar-refractivity contribution is 7.89. The van der Waals surface area contributed by atoms with Crippen molar-refractivity contribution in [3.8, 4) is 0 Å². The molecule has 0 aromatic carbocycles. The third kappa shape index (κ3) is 3.54. The summed E-state index contributed by atoms with van der Waals surface area (Å²) < 4.78 is 28.0. The highest BCUT2D eigenvalue weighted by Crippen LogP contribution is 2.39. The zero-order chi connectivity index (χ0) is 18.2. The molecule has 3 unspecified atom stereocenters. The molecular formula is C15H22N4O5S. The molecule has 1 aromatic heterocycles.